The van der Waals surface area contributed by atoms with Crippen molar-refractivity contribution in [2.24, 2.45) is 5.73 Å². The molecule has 0 saturated heterocycles. The molecule has 0 radical (unpaired) electrons. The maximum atomic E-state index is 5.87. The number of aryl methyl sites for hydroxylation is 1. The molecule has 1 aromatic carbocycles. The van der Waals surface area contributed by atoms with Gasteiger partial charge in [-0.05, 0) is 32.4 Å². The number of nitrogens with two attached hydrogens (primary N) is 1. The Bertz CT molecular complexity index is 274. The van der Waals surface area contributed by atoms with Crippen LogP contribution in [0.15, 0.2) is 24.3 Å². The van der Waals surface area contributed by atoms with E-state index in [1.807, 2.05) is 26.0 Å². The van der Waals surface area contributed by atoms with Crippen molar-refractivity contribution in [2.75, 3.05) is 11.9 Å². The molecule has 0 heterocycles. The summed E-state index contributed by atoms with van der Waals surface area (Å²) in [5.74, 6) is 0. The summed E-state index contributed by atoms with van der Waals surface area (Å²) >= 11 is 0. The van der Waals surface area contributed by atoms with Gasteiger partial charge in [-0.15, -0.1) is 0 Å². The molecule has 0 aliphatic heterocycles. The van der Waals surface area contributed by atoms with Crippen molar-refractivity contribution >= 4 is 5.69 Å². The fourth-order valence-electron chi connectivity index (χ4n) is 1.09. The number of hydrogen-bond donors (Lipinski definition) is 2. The van der Waals surface area contributed by atoms with Crippen LogP contribution in [0.3, 0.4) is 0 Å². The highest BCUT2D eigenvalue weighted by atomic mass is 14.9. The Morgan fingerprint density at radius 3 is 2.46 bits per heavy atom. The summed E-state index contributed by atoms with van der Waals surface area (Å²) in [4.78, 5) is 0. The first-order chi connectivity index (χ1) is 5.99. The van der Waals surface area contributed by atoms with Gasteiger partial charge >= 0.3 is 0 Å². The molecule has 0 atom stereocenters. The van der Waals surface area contributed by atoms with Gasteiger partial charge in [0.1, 0.15) is 0 Å². The zero-order valence-corrected chi connectivity index (χ0v) is 8.59. The van der Waals surface area contributed by atoms with Crippen LogP contribution in [0.5, 0.6) is 0 Å². The van der Waals surface area contributed by atoms with Crippen molar-refractivity contribution in [1.82, 2.24) is 0 Å². The van der Waals surface area contributed by atoms with Gasteiger partial charge in [-0.3, -0.25) is 0 Å². The molecular formula is C11H18N2. The molecule has 13 heavy (non-hydrogen) atoms. The van der Waals surface area contributed by atoms with Crippen molar-refractivity contribution < 1.29 is 0 Å². The van der Waals surface area contributed by atoms with Crippen LogP contribution in [-0.2, 0) is 0 Å². The fourth-order valence-corrected chi connectivity index (χ4v) is 1.09. The zero-order valence-electron chi connectivity index (χ0n) is 8.59. The molecular weight excluding hydrogens is 160 g/mol. The maximum Gasteiger partial charge on any atom is 0.0370 e. The molecule has 0 aromatic heterocycles. The van der Waals surface area contributed by atoms with Crippen molar-refractivity contribution in [3.63, 3.8) is 0 Å². The molecule has 3 N–H and O–H groups in total. The Balaban J connectivity index is 2.60. The second kappa shape index (κ2) is 3.79. The van der Waals surface area contributed by atoms with Crippen LogP contribution in [-0.4, -0.2) is 12.1 Å². The van der Waals surface area contributed by atoms with E-state index in [0.717, 1.165) is 6.54 Å². The van der Waals surface area contributed by atoms with E-state index < -0.39 is 0 Å². The third-order valence-corrected chi connectivity index (χ3v) is 1.88. The Morgan fingerprint density at radius 2 is 1.92 bits per heavy atom. The molecule has 1 aromatic rings. The molecule has 0 fully saturated rings. The highest BCUT2D eigenvalue weighted by Gasteiger charge is 2.09. The summed E-state index contributed by atoms with van der Waals surface area (Å²) in [6, 6.07) is 8.22. The molecule has 0 amide bonds. The van der Waals surface area contributed by atoms with Gasteiger partial charge in [-0.25, -0.2) is 0 Å². The minimum Gasteiger partial charge on any atom is -0.383 e. The van der Waals surface area contributed by atoms with Gasteiger partial charge in [0, 0.05) is 17.8 Å². The lowest BCUT2D eigenvalue weighted by atomic mass is 10.1. The minimum atomic E-state index is -0.164. The number of anilines is 1. The molecule has 0 unspecified atom stereocenters. The molecule has 0 aliphatic carbocycles. The van der Waals surface area contributed by atoms with E-state index in [1.165, 1.54) is 11.3 Å². The summed E-state index contributed by atoms with van der Waals surface area (Å²) in [5.41, 5.74) is 8.13. The quantitative estimate of drug-likeness (QED) is 0.744. The van der Waals surface area contributed by atoms with Crippen LogP contribution in [0.4, 0.5) is 5.69 Å². The average Bonchev–Trinajstić information content (AvgIpc) is 2.01. The lowest BCUT2D eigenvalue weighted by Crippen LogP contribution is -2.39. The maximum absolute atomic E-state index is 5.87. The summed E-state index contributed by atoms with van der Waals surface area (Å²) in [7, 11) is 0. The summed E-state index contributed by atoms with van der Waals surface area (Å²) in [6.45, 7) is 6.90. The topological polar surface area (TPSA) is 38.0 Å². The standard InChI is InChI=1S/C11H18N2/c1-9-6-4-5-7-10(9)13-8-11(2,3)12/h4-7,13H,8,12H2,1-3H3. The molecule has 72 valence electrons. The lowest BCUT2D eigenvalue weighted by molar-refractivity contribution is 0.549. The fraction of sp³-hybridized carbons (Fsp3) is 0.455. The van der Waals surface area contributed by atoms with E-state index in [1.54, 1.807) is 0 Å². The van der Waals surface area contributed by atoms with Crippen LogP contribution < -0.4 is 11.1 Å². The first-order valence-electron chi connectivity index (χ1n) is 4.57. The Kier molecular flexibility index (Phi) is 2.94. The molecule has 0 saturated carbocycles. The van der Waals surface area contributed by atoms with Crippen molar-refractivity contribution in [3.05, 3.63) is 29.8 Å². The first kappa shape index (κ1) is 10.1. The van der Waals surface area contributed by atoms with E-state index in [2.05, 4.69) is 24.4 Å². The first-order valence-corrected chi connectivity index (χ1v) is 4.57. The Hall–Kier alpha value is -1.02. The van der Waals surface area contributed by atoms with E-state index >= 15 is 0 Å². The van der Waals surface area contributed by atoms with Gasteiger partial charge < -0.3 is 11.1 Å². The number of para-hydroxylation sites is 1. The summed E-state index contributed by atoms with van der Waals surface area (Å²) in [5, 5.41) is 3.33. The third kappa shape index (κ3) is 3.47. The SMILES string of the molecule is Cc1ccccc1NCC(C)(C)N. The number of benzene rings is 1. The number of rotatable bonds is 3. The number of hydrogen-bond acceptors (Lipinski definition) is 2. The van der Waals surface area contributed by atoms with E-state index in [-0.39, 0.29) is 5.54 Å². The monoisotopic (exact) mass is 178 g/mol. The van der Waals surface area contributed by atoms with E-state index in [9.17, 15) is 0 Å². The molecule has 1 rings (SSSR count). The molecule has 0 spiro atoms. The van der Waals surface area contributed by atoms with Gasteiger partial charge in [0.2, 0.25) is 0 Å². The second-order valence-electron chi connectivity index (χ2n) is 4.16. The van der Waals surface area contributed by atoms with Gasteiger partial charge in [-0.1, -0.05) is 18.2 Å². The Morgan fingerprint density at radius 1 is 1.31 bits per heavy atom. The van der Waals surface area contributed by atoms with E-state index in [0.29, 0.717) is 0 Å². The van der Waals surface area contributed by atoms with Gasteiger partial charge in [-0.2, -0.15) is 0 Å². The van der Waals surface area contributed by atoms with Crippen LogP contribution in [0.1, 0.15) is 19.4 Å². The molecule has 2 heteroatoms. The third-order valence-electron chi connectivity index (χ3n) is 1.88. The smallest absolute Gasteiger partial charge is 0.0370 e. The van der Waals surface area contributed by atoms with Crippen LogP contribution in [0, 0.1) is 6.92 Å². The zero-order chi connectivity index (χ0) is 9.90. The largest absolute Gasteiger partial charge is 0.383 e. The highest BCUT2D eigenvalue weighted by molar-refractivity contribution is 5.50. The molecule has 0 bridgehead atoms. The van der Waals surface area contributed by atoms with Gasteiger partial charge in [0.05, 0.1) is 0 Å². The minimum absolute atomic E-state index is 0.164. The second-order valence-corrected chi connectivity index (χ2v) is 4.16. The van der Waals surface area contributed by atoms with Crippen LogP contribution in [0.2, 0.25) is 0 Å². The van der Waals surface area contributed by atoms with E-state index in [4.69, 9.17) is 5.73 Å². The average molecular weight is 178 g/mol. The Labute approximate surface area is 80.1 Å². The van der Waals surface area contributed by atoms with Gasteiger partial charge in [0.15, 0.2) is 0 Å². The predicted octanol–water partition coefficient (Wildman–Crippen LogP) is 2.14. The van der Waals surface area contributed by atoms with Crippen LogP contribution in [0.25, 0.3) is 0 Å². The van der Waals surface area contributed by atoms with Crippen molar-refractivity contribution in [2.45, 2.75) is 26.3 Å². The van der Waals surface area contributed by atoms with Gasteiger partial charge in [0.25, 0.3) is 0 Å². The predicted molar refractivity (Wildman–Crippen MR) is 57.9 cm³/mol. The highest BCUT2D eigenvalue weighted by Crippen LogP contribution is 2.13. The molecule has 2 nitrogen and oxygen atoms in total. The van der Waals surface area contributed by atoms with Crippen molar-refractivity contribution in [1.29, 1.82) is 0 Å². The summed E-state index contributed by atoms with van der Waals surface area (Å²) in [6.07, 6.45) is 0. The lowest BCUT2D eigenvalue weighted by Gasteiger charge is -2.20. The van der Waals surface area contributed by atoms with Crippen molar-refractivity contribution in [3.8, 4) is 0 Å². The number of nitrogens with one attached hydrogen (secondary N) is 1. The molecule has 0 aliphatic rings. The normalized spacial score (nSPS) is 11.4. The summed E-state index contributed by atoms with van der Waals surface area (Å²) < 4.78 is 0. The van der Waals surface area contributed by atoms with Crippen LogP contribution >= 0.6 is 0 Å².